The van der Waals surface area contributed by atoms with Gasteiger partial charge >= 0.3 is 0 Å². The average molecular weight is 251 g/mol. The first kappa shape index (κ1) is 11.5. The third-order valence-electron chi connectivity index (χ3n) is 4.35. The van der Waals surface area contributed by atoms with Gasteiger partial charge in [-0.1, -0.05) is 13.8 Å². The zero-order valence-corrected chi connectivity index (χ0v) is 11.5. The Labute approximate surface area is 108 Å². The van der Waals surface area contributed by atoms with Crippen LogP contribution in [0.1, 0.15) is 70.2 Å². The molecule has 2 saturated carbocycles. The van der Waals surface area contributed by atoms with Crippen LogP contribution >= 0.6 is 12.2 Å². The summed E-state index contributed by atoms with van der Waals surface area (Å²) in [5, 5.41) is 7.43. The number of hydrogen-bond acceptors (Lipinski definition) is 2. The van der Waals surface area contributed by atoms with Gasteiger partial charge in [0.15, 0.2) is 4.77 Å². The van der Waals surface area contributed by atoms with Crippen LogP contribution in [0.25, 0.3) is 0 Å². The third kappa shape index (κ3) is 2.19. The number of aromatic nitrogens is 3. The molecule has 1 heterocycles. The van der Waals surface area contributed by atoms with E-state index in [9.17, 15) is 0 Å². The Morgan fingerprint density at radius 2 is 1.88 bits per heavy atom. The van der Waals surface area contributed by atoms with Crippen LogP contribution in [0.2, 0.25) is 0 Å². The molecular formula is C13H21N3S. The SMILES string of the molecule is CC1(C)CCC(n2c(C3CC3)n[nH]c2=S)CC1. The van der Waals surface area contributed by atoms with Crippen molar-refractivity contribution in [2.45, 2.75) is 64.3 Å². The molecule has 0 bridgehead atoms. The van der Waals surface area contributed by atoms with Crippen molar-refractivity contribution in [2.24, 2.45) is 5.41 Å². The first-order chi connectivity index (χ1) is 8.07. The van der Waals surface area contributed by atoms with Crippen LogP contribution in [0.4, 0.5) is 0 Å². The fourth-order valence-electron chi connectivity index (χ4n) is 2.94. The number of hydrogen-bond donors (Lipinski definition) is 1. The molecule has 0 aromatic carbocycles. The average Bonchev–Trinajstić information content (AvgIpc) is 3.04. The number of nitrogens with one attached hydrogen (secondary N) is 1. The first-order valence-corrected chi connectivity index (χ1v) is 7.14. The van der Waals surface area contributed by atoms with E-state index in [1.54, 1.807) is 0 Å². The topological polar surface area (TPSA) is 33.6 Å². The van der Waals surface area contributed by atoms with Gasteiger partial charge in [0.05, 0.1) is 0 Å². The van der Waals surface area contributed by atoms with E-state index >= 15 is 0 Å². The highest BCUT2D eigenvalue weighted by molar-refractivity contribution is 7.71. The van der Waals surface area contributed by atoms with Crippen molar-refractivity contribution in [1.82, 2.24) is 14.8 Å². The van der Waals surface area contributed by atoms with E-state index < -0.39 is 0 Å². The number of H-pyrrole nitrogens is 1. The Kier molecular flexibility index (Phi) is 2.65. The van der Waals surface area contributed by atoms with Crippen LogP contribution in [0.15, 0.2) is 0 Å². The minimum absolute atomic E-state index is 0.516. The molecule has 4 heteroatoms. The van der Waals surface area contributed by atoms with E-state index in [0.717, 1.165) is 4.77 Å². The molecule has 0 aliphatic heterocycles. The molecule has 0 atom stereocenters. The predicted octanol–water partition coefficient (Wildman–Crippen LogP) is 3.96. The van der Waals surface area contributed by atoms with E-state index in [1.807, 2.05) is 0 Å². The van der Waals surface area contributed by atoms with Crippen molar-refractivity contribution in [3.63, 3.8) is 0 Å². The Morgan fingerprint density at radius 3 is 2.47 bits per heavy atom. The number of nitrogens with zero attached hydrogens (tertiary/aromatic N) is 2. The molecule has 0 saturated heterocycles. The standard InChI is InChI=1S/C13H21N3S/c1-13(2)7-5-10(6-8-13)16-11(9-3-4-9)14-15-12(16)17/h9-10H,3-8H2,1-2H3,(H,15,17). The van der Waals surface area contributed by atoms with Gasteiger partial charge in [0.2, 0.25) is 0 Å². The summed E-state index contributed by atoms with van der Waals surface area (Å²) in [5.74, 6) is 1.90. The monoisotopic (exact) mass is 251 g/mol. The van der Waals surface area contributed by atoms with Crippen molar-refractivity contribution >= 4 is 12.2 Å². The van der Waals surface area contributed by atoms with E-state index in [4.69, 9.17) is 12.2 Å². The smallest absolute Gasteiger partial charge is 0.195 e. The van der Waals surface area contributed by atoms with Gasteiger partial charge < -0.3 is 4.57 Å². The second-order valence-corrected chi connectivity index (χ2v) is 6.81. The molecule has 1 aromatic heterocycles. The van der Waals surface area contributed by atoms with Gasteiger partial charge in [0.1, 0.15) is 5.82 Å². The Hall–Kier alpha value is -0.640. The molecule has 0 unspecified atom stereocenters. The quantitative estimate of drug-likeness (QED) is 0.807. The molecule has 0 amide bonds. The minimum Gasteiger partial charge on any atom is -0.301 e. The fraction of sp³-hybridized carbons (Fsp3) is 0.846. The van der Waals surface area contributed by atoms with Crippen molar-refractivity contribution in [1.29, 1.82) is 0 Å². The molecule has 2 fully saturated rings. The van der Waals surface area contributed by atoms with Crippen LogP contribution in [-0.4, -0.2) is 14.8 Å². The highest BCUT2D eigenvalue weighted by Crippen LogP contribution is 2.44. The molecule has 0 spiro atoms. The summed E-state index contributed by atoms with van der Waals surface area (Å²) in [5.41, 5.74) is 0.516. The molecular weight excluding hydrogens is 230 g/mol. The summed E-state index contributed by atoms with van der Waals surface area (Å²) < 4.78 is 3.15. The largest absolute Gasteiger partial charge is 0.301 e. The zero-order valence-electron chi connectivity index (χ0n) is 10.7. The van der Waals surface area contributed by atoms with Gasteiger partial charge in [-0.25, -0.2) is 0 Å². The summed E-state index contributed by atoms with van der Waals surface area (Å²) in [7, 11) is 0. The second-order valence-electron chi connectivity index (χ2n) is 6.43. The lowest BCUT2D eigenvalue weighted by Gasteiger charge is -2.35. The van der Waals surface area contributed by atoms with Crippen molar-refractivity contribution in [3.05, 3.63) is 10.6 Å². The highest BCUT2D eigenvalue weighted by Gasteiger charge is 2.34. The highest BCUT2D eigenvalue weighted by atomic mass is 32.1. The molecule has 1 aromatic rings. The van der Waals surface area contributed by atoms with Crippen molar-refractivity contribution in [3.8, 4) is 0 Å². The van der Waals surface area contributed by atoms with Crippen LogP contribution < -0.4 is 0 Å². The van der Waals surface area contributed by atoms with Crippen LogP contribution in [0.5, 0.6) is 0 Å². The predicted molar refractivity (Wildman–Crippen MR) is 70.7 cm³/mol. The van der Waals surface area contributed by atoms with E-state index in [0.29, 0.717) is 17.4 Å². The summed E-state index contributed by atoms with van der Waals surface area (Å²) >= 11 is 5.40. The van der Waals surface area contributed by atoms with Crippen LogP contribution in [0, 0.1) is 10.2 Å². The lowest BCUT2D eigenvalue weighted by Crippen LogP contribution is -2.24. The lowest BCUT2D eigenvalue weighted by atomic mass is 9.75. The van der Waals surface area contributed by atoms with E-state index in [1.165, 1.54) is 44.3 Å². The van der Waals surface area contributed by atoms with Gasteiger partial charge in [-0.15, -0.1) is 0 Å². The van der Waals surface area contributed by atoms with Gasteiger partial charge in [-0.2, -0.15) is 5.10 Å². The third-order valence-corrected chi connectivity index (χ3v) is 4.64. The lowest BCUT2D eigenvalue weighted by molar-refractivity contribution is 0.190. The first-order valence-electron chi connectivity index (χ1n) is 6.74. The van der Waals surface area contributed by atoms with E-state index in [2.05, 4.69) is 28.6 Å². The Bertz CT molecular complexity index is 457. The summed E-state index contributed by atoms with van der Waals surface area (Å²) in [6, 6.07) is 0.588. The number of aromatic amines is 1. The maximum Gasteiger partial charge on any atom is 0.195 e. The Balaban J connectivity index is 1.84. The summed E-state index contributed by atoms with van der Waals surface area (Å²) in [6.07, 6.45) is 7.68. The molecule has 94 valence electrons. The normalized spacial score (nSPS) is 25.1. The summed E-state index contributed by atoms with van der Waals surface area (Å²) in [4.78, 5) is 0. The maximum atomic E-state index is 5.40. The van der Waals surface area contributed by atoms with Crippen LogP contribution in [0.3, 0.4) is 0 Å². The fourth-order valence-corrected chi connectivity index (χ4v) is 3.23. The summed E-state index contributed by atoms with van der Waals surface area (Å²) in [6.45, 7) is 4.75. The molecule has 2 aliphatic rings. The molecule has 2 aliphatic carbocycles. The van der Waals surface area contributed by atoms with Gasteiger partial charge in [-0.05, 0) is 56.2 Å². The second kappa shape index (κ2) is 3.94. The number of rotatable bonds is 2. The van der Waals surface area contributed by atoms with Gasteiger partial charge in [0, 0.05) is 12.0 Å². The molecule has 3 rings (SSSR count). The minimum atomic E-state index is 0.516. The molecule has 0 radical (unpaired) electrons. The molecule has 1 N–H and O–H groups in total. The van der Waals surface area contributed by atoms with E-state index in [-0.39, 0.29) is 0 Å². The maximum absolute atomic E-state index is 5.40. The molecule has 17 heavy (non-hydrogen) atoms. The molecule has 3 nitrogen and oxygen atoms in total. The van der Waals surface area contributed by atoms with Crippen molar-refractivity contribution < 1.29 is 0 Å². The van der Waals surface area contributed by atoms with Gasteiger partial charge in [-0.3, -0.25) is 5.10 Å². The van der Waals surface area contributed by atoms with Crippen molar-refractivity contribution in [2.75, 3.05) is 0 Å². The van der Waals surface area contributed by atoms with Crippen LogP contribution in [-0.2, 0) is 0 Å². The Morgan fingerprint density at radius 1 is 1.24 bits per heavy atom. The zero-order chi connectivity index (χ0) is 12.0. The van der Waals surface area contributed by atoms with Gasteiger partial charge in [0.25, 0.3) is 0 Å².